The minimum absolute atomic E-state index is 0.167. The number of ether oxygens (including phenoxy) is 2. The van der Waals surface area contributed by atoms with E-state index in [9.17, 15) is 0 Å². The lowest BCUT2D eigenvalue weighted by atomic mass is 10.0. The maximum absolute atomic E-state index is 6.39. The minimum atomic E-state index is -0.167. The Bertz CT molecular complexity index is 578. The summed E-state index contributed by atoms with van der Waals surface area (Å²) in [5, 5.41) is 0. The molecule has 0 saturated heterocycles. The lowest BCUT2D eigenvalue weighted by Crippen LogP contribution is -2.12. The van der Waals surface area contributed by atoms with E-state index >= 15 is 0 Å². The third kappa shape index (κ3) is 2.74. The Balaban J connectivity index is 2.43. The van der Waals surface area contributed by atoms with Crippen LogP contribution in [0.15, 0.2) is 24.3 Å². The Kier molecular flexibility index (Phi) is 4.12. The topological polar surface area (TPSA) is 44.5 Å². The Labute approximate surface area is 118 Å². The molecule has 1 heterocycles. The molecule has 1 atom stereocenters. The van der Waals surface area contributed by atoms with Gasteiger partial charge in [0.25, 0.3) is 0 Å². The van der Waals surface area contributed by atoms with Crippen molar-refractivity contribution in [2.75, 3.05) is 14.2 Å². The van der Waals surface area contributed by atoms with Crippen molar-refractivity contribution in [3.05, 3.63) is 45.1 Å². The van der Waals surface area contributed by atoms with Crippen LogP contribution in [0.4, 0.5) is 0 Å². The standard InChI is InChI=1S/C15H19NO2S/c1-9-7-10(2)19-15(9)14(16)12-6-5-11(17-3)8-13(12)18-4/h5-8,14H,16H2,1-4H3. The molecule has 3 nitrogen and oxygen atoms in total. The Hall–Kier alpha value is -1.52. The van der Waals surface area contributed by atoms with Gasteiger partial charge in [0, 0.05) is 21.4 Å². The fourth-order valence-electron chi connectivity index (χ4n) is 2.18. The summed E-state index contributed by atoms with van der Waals surface area (Å²) < 4.78 is 10.6. The maximum Gasteiger partial charge on any atom is 0.127 e. The second-order valence-electron chi connectivity index (χ2n) is 4.49. The van der Waals surface area contributed by atoms with Gasteiger partial charge in [-0.2, -0.15) is 0 Å². The van der Waals surface area contributed by atoms with Gasteiger partial charge in [-0.1, -0.05) is 0 Å². The molecule has 4 heteroatoms. The van der Waals surface area contributed by atoms with Crippen LogP contribution in [0.3, 0.4) is 0 Å². The fourth-order valence-corrected chi connectivity index (χ4v) is 3.24. The van der Waals surface area contributed by atoms with Crippen molar-refractivity contribution in [2.24, 2.45) is 5.73 Å². The van der Waals surface area contributed by atoms with E-state index in [0.717, 1.165) is 17.1 Å². The summed E-state index contributed by atoms with van der Waals surface area (Å²) in [7, 11) is 3.29. The molecular weight excluding hydrogens is 258 g/mol. The third-order valence-electron chi connectivity index (χ3n) is 3.14. The SMILES string of the molecule is COc1ccc(C(N)c2sc(C)cc2C)c(OC)c1. The van der Waals surface area contributed by atoms with Crippen LogP contribution >= 0.6 is 11.3 Å². The van der Waals surface area contributed by atoms with Gasteiger partial charge in [0.2, 0.25) is 0 Å². The number of nitrogens with two attached hydrogens (primary N) is 1. The highest BCUT2D eigenvalue weighted by Gasteiger charge is 2.18. The van der Waals surface area contributed by atoms with Gasteiger partial charge in [0.05, 0.1) is 20.3 Å². The third-order valence-corrected chi connectivity index (χ3v) is 4.37. The van der Waals surface area contributed by atoms with Gasteiger partial charge < -0.3 is 15.2 Å². The maximum atomic E-state index is 6.39. The summed E-state index contributed by atoms with van der Waals surface area (Å²) in [6.07, 6.45) is 0. The number of aryl methyl sites for hydroxylation is 2. The molecule has 2 rings (SSSR count). The first-order chi connectivity index (χ1) is 9.06. The summed E-state index contributed by atoms with van der Waals surface area (Å²) in [5.41, 5.74) is 8.60. The highest BCUT2D eigenvalue weighted by Crippen LogP contribution is 2.36. The van der Waals surface area contributed by atoms with Crippen LogP contribution in [0.2, 0.25) is 0 Å². The van der Waals surface area contributed by atoms with E-state index in [1.807, 2.05) is 18.2 Å². The zero-order chi connectivity index (χ0) is 14.0. The molecule has 0 aliphatic carbocycles. The minimum Gasteiger partial charge on any atom is -0.497 e. The van der Waals surface area contributed by atoms with Crippen molar-refractivity contribution >= 4 is 11.3 Å². The van der Waals surface area contributed by atoms with Crippen LogP contribution < -0.4 is 15.2 Å². The van der Waals surface area contributed by atoms with Gasteiger partial charge >= 0.3 is 0 Å². The van der Waals surface area contributed by atoms with Crippen molar-refractivity contribution in [3.63, 3.8) is 0 Å². The number of thiophene rings is 1. The molecule has 1 aromatic heterocycles. The first-order valence-corrected chi connectivity index (χ1v) is 6.93. The van der Waals surface area contributed by atoms with E-state index in [-0.39, 0.29) is 6.04 Å². The monoisotopic (exact) mass is 277 g/mol. The highest BCUT2D eigenvalue weighted by atomic mass is 32.1. The molecule has 0 radical (unpaired) electrons. The molecule has 1 aromatic carbocycles. The number of hydrogen-bond donors (Lipinski definition) is 1. The predicted octanol–water partition coefficient (Wildman–Crippen LogP) is 3.43. The molecule has 1 unspecified atom stereocenters. The Morgan fingerprint density at radius 3 is 2.37 bits per heavy atom. The van der Waals surface area contributed by atoms with E-state index < -0.39 is 0 Å². The second kappa shape index (κ2) is 5.63. The molecule has 2 aromatic rings. The first kappa shape index (κ1) is 13.9. The molecule has 0 spiro atoms. The largest absolute Gasteiger partial charge is 0.497 e. The molecule has 0 aliphatic rings. The van der Waals surface area contributed by atoms with Gasteiger partial charge in [-0.05, 0) is 37.6 Å². The van der Waals surface area contributed by atoms with E-state index in [2.05, 4.69) is 19.9 Å². The van der Waals surface area contributed by atoms with E-state index in [0.29, 0.717) is 0 Å². The Morgan fingerprint density at radius 2 is 1.84 bits per heavy atom. The van der Waals surface area contributed by atoms with Crippen LogP contribution in [0.1, 0.15) is 26.9 Å². The summed E-state index contributed by atoms with van der Waals surface area (Å²) in [6, 6.07) is 7.74. The summed E-state index contributed by atoms with van der Waals surface area (Å²) in [5.74, 6) is 1.53. The smallest absolute Gasteiger partial charge is 0.127 e. The van der Waals surface area contributed by atoms with Gasteiger partial charge in [-0.3, -0.25) is 0 Å². The molecule has 0 aliphatic heterocycles. The van der Waals surface area contributed by atoms with Crippen molar-refractivity contribution in [1.29, 1.82) is 0 Å². The molecule has 0 bridgehead atoms. The van der Waals surface area contributed by atoms with Gasteiger partial charge in [-0.25, -0.2) is 0 Å². The van der Waals surface area contributed by atoms with Crippen LogP contribution in [-0.2, 0) is 0 Å². The normalized spacial score (nSPS) is 12.3. The number of benzene rings is 1. The second-order valence-corrected chi connectivity index (χ2v) is 5.78. The summed E-state index contributed by atoms with van der Waals surface area (Å²) >= 11 is 1.73. The van der Waals surface area contributed by atoms with Crippen molar-refractivity contribution in [1.82, 2.24) is 0 Å². The molecule has 0 amide bonds. The van der Waals surface area contributed by atoms with E-state index in [1.54, 1.807) is 25.6 Å². The average Bonchev–Trinajstić information content (AvgIpc) is 2.76. The van der Waals surface area contributed by atoms with Crippen molar-refractivity contribution in [2.45, 2.75) is 19.9 Å². The highest BCUT2D eigenvalue weighted by molar-refractivity contribution is 7.12. The van der Waals surface area contributed by atoms with Crippen molar-refractivity contribution < 1.29 is 9.47 Å². The molecule has 102 valence electrons. The van der Waals surface area contributed by atoms with E-state index in [4.69, 9.17) is 15.2 Å². The van der Waals surface area contributed by atoms with Gasteiger partial charge in [0.1, 0.15) is 11.5 Å². The zero-order valence-electron chi connectivity index (χ0n) is 11.7. The number of rotatable bonds is 4. The van der Waals surface area contributed by atoms with Crippen molar-refractivity contribution in [3.8, 4) is 11.5 Å². The molecule has 0 fully saturated rings. The van der Waals surface area contributed by atoms with Gasteiger partial charge in [-0.15, -0.1) is 11.3 Å². The molecular formula is C15H19NO2S. The molecule has 2 N–H and O–H groups in total. The van der Waals surface area contributed by atoms with Gasteiger partial charge in [0.15, 0.2) is 0 Å². The summed E-state index contributed by atoms with van der Waals surface area (Å²) in [4.78, 5) is 2.45. The molecule has 0 saturated carbocycles. The average molecular weight is 277 g/mol. The van der Waals surface area contributed by atoms with Crippen LogP contribution in [0.25, 0.3) is 0 Å². The number of hydrogen-bond acceptors (Lipinski definition) is 4. The van der Waals surface area contributed by atoms with Crippen LogP contribution in [0, 0.1) is 13.8 Å². The predicted molar refractivity (Wildman–Crippen MR) is 79.4 cm³/mol. The first-order valence-electron chi connectivity index (χ1n) is 6.11. The lowest BCUT2D eigenvalue weighted by Gasteiger charge is -2.16. The molecule has 19 heavy (non-hydrogen) atoms. The number of methoxy groups -OCH3 is 2. The van der Waals surface area contributed by atoms with Crippen LogP contribution in [0.5, 0.6) is 11.5 Å². The zero-order valence-corrected chi connectivity index (χ0v) is 12.5. The van der Waals surface area contributed by atoms with Crippen LogP contribution in [-0.4, -0.2) is 14.2 Å². The Morgan fingerprint density at radius 1 is 1.11 bits per heavy atom. The fraction of sp³-hybridized carbons (Fsp3) is 0.333. The van der Waals surface area contributed by atoms with E-state index in [1.165, 1.54) is 15.3 Å². The quantitative estimate of drug-likeness (QED) is 0.931. The summed E-state index contributed by atoms with van der Waals surface area (Å²) in [6.45, 7) is 4.19. The lowest BCUT2D eigenvalue weighted by molar-refractivity contribution is 0.390.